The number of benzene rings is 4. The minimum atomic E-state index is -0.574. The molecule has 7 nitrogen and oxygen atoms in total. The number of carbonyl (C=O) groups excluding carboxylic acids is 2. The molecule has 2 aromatic heterocycles. The minimum absolute atomic E-state index is 0.000269. The Morgan fingerprint density at radius 1 is 0.911 bits per heavy atom. The summed E-state index contributed by atoms with van der Waals surface area (Å²) < 4.78 is 5.64. The van der Waals surface area contributed by atoms with Gasteiger partial charge in [-0.05, 0) is 71.8 Å². The zero-order valence-electron chi connectivity index (χ0n) is 24.0. The number of hydrogen-bond donors (Lipinski definition) is 2. The fourth-order valence-electron chi connectivity index (χ4n) is 8.23. The van der Waals surface area contributed by atoms with Gasteiger partial charge < -0.3 is 9.73 Å². The van der Waals surface area contributed by atoms with E-state index in [1.165, 1.54) is 33.6 Å². The van der Waals surface area contributed by atoms with Gasteiger partial charge in [0.15, 0.2) is 10.7 Å². The molecule has 220 valence electrons. The van der Waals surface area contributed by atoms with Crippen molar-refractivity contribution in [3.63, 3.8) is 0 Å². The van der Waals surface area contributed by atoms with Crippen LogP contribution in [0.15, 0.2) is 101 Å². The Morgan fingerprint density at radius 2 is 1.71 bits per heavy atom. The summed E-state index contributed by atoms with van der Waals surface area (Å²) in [5.74, 6) is 0.197. The molecular weight excluding hydrogens is 604 g/mol. The number of oxazole rings is 1. The van der Waals surface area contributed by atoms with Crippen LogP contribution in [0.4, 0.5) is 11.1 Å². The molecule has 6 aromatic rings. The van der Waals surface area contributed by atoms with Crippen molar-refractivity contribution in [1.29, 1.82) is 0 Å². The van der Waals surface area contributed by atoms with Gasteiger partial charge in [0.1, 0.15) is 5.52 Å². The predicted molar refractivity (Wildman–Crippen MR) is 175 cm³/mol. The summed E-state index contributed by atoms with van der Waals surface area (Å²) in [4.78, 5) is 36.2. The molecule has 1 saturated carbocycles. The minimum Gasteiger partial charge on any atom is -0.423 e. The number of amides is 2. The summed E-state index contributed by atoms with van der Waals surface area (Å²) in [6.45, 7) is 2.12. The van der Waals surface area contributed by atoms with Crippen molar-refractivity contribution in [1.82, 2.24) is 9.97 Å². The summed E-state index contributed by atoms with van der Waals surface area (Å²) in [5.41, 5.74) is 7.52. The Hall–Kier alpha value is -4.79. The first-order valence-corrected chi connectivity index (χ1v) is 16.1. The van der Waals surface area contributed by atoms with Crippen LogP contribution in [-0.4, -0.2) is 21.8 Å². The fraction of sp³-hybridized carbons (Fsp3) is 0.167. The first-order valence-electron chi connectivity index (χ1n) is 14.8. The van der Waals surface area contributed by atoms with Crippen LogP contribution in [0.5, 0.6) is 0 Å². The molecule has 0 bridgehead atoms. The first kappa shape index (κ1) is 26.6. The number of rotatable bonds is 5. The van der Waals surface area contributed by atoms with Crippen LogP contribution in [0.2, 0.25) is 5.02 Å². The number of fused-ring (bicyclic) bond motifs is 6. The lowest BCUT2D eigenvalue weighted by Crippen LogP contribution is -2.68. The highest BCUT2D eigenvalue weighted by molar-refractivity contribution is 7.14. The highest BCUT2D eigenvalue weighted by Gasteiger charge is 2.78. The average Bonchev–Trinajstić information content (AvgIpc) is 3.71. The Morgan fingerprint density at radius 3 is 2.58 bits per heavy atom. The molecule has 3 aliphatic carbocycles. The van der Waals surface area contributed by atoms with E-state index in [4.69, 9.17) is 21.0 Å². The molecule has 0 radical (unpaired) electrons. The van der Waals surface area contributed by atoms with Crippen molar-refractivity contribution in [3.8, 4) is 11.3 Å². The molecule has 4 unspecified atom stereocenters. The highest BCUT2D eigenvalue weighted by Crippen LogP contribution is 2.81. The van der Waals surface area contributed by atoms with E-state index in [1.54, 1.807) is 36.4 Å². The SMILES string of the molecule is CC1(C(=O)Nc2nc(-c3cccc(C(=O)Nc4nc5cc(Cl)ccc5o4)c3)cs2)CC2c3ccccc3C3c4ccccc4C231. The van der Waals surface area contributed by atoms with Crippen LogP contribution >= 0.6 is 22.9 Å². The van der Waals surface area contributed by atoms with E-state index in [2.05, 4.69) is 71.1 Å². The molecule has 2 amide bonds. The Kier molecular flexibility index (Phi) is 5.53. The summed E-state index contributed by atoms with van der Waals surface area (Å²) >= 11 is 7.42. The number of carbonyl (C=O) groups is 2. The van der Waals surface area contributed by atoms with Crippen molar-refractivity contribution in [3.05, 3.63) is 129 Å². The Labute approximate surface area is 267 Å². The largest absolute Gasteiger partial charge is 0.423 e. The summed E-state index contributed by atoms with van der Waals surface area (Å²) in [5, 5.41) is 8.86. The smallest absolute Gasteiger partial charge is 0.302 e. The number of thiazole rings is 1. The number of halogens is 1. The molecule has 3 aliphatic rings. The van der Waals surface area contributed by atoms with Gasteiger partial charge >= 0.3 is 6.01 Å². The lowest BCUT2D eigenvalue weighted by Gasteiger charge is -2.67. The van der Waals surface area contributed by atoms with Gasteiger partial charge in [-0.3, -0.25) is 14.9 Å². The zero-order chi connectivity index (χ0) is 30.5. The second-order valence-corrected chi connectivity index (χ2v) is 13.6. The fourth-order valence-corrected chi connectivity index (χ4v) is 9.11. The molecular formula is C36H25ClN4O3S. The highest BCUT2D eigenvalue weighted by atomic mass is 35.5. The first-order chi connectivity index (χ1) is 21.9. The van der Waals surface area contributed by atoms with Gasteiger partial charge in [0.25, 0.3) is 5.91 Å². The van der Waals surface area contributed by atoms with Crippen LogP contribution in [-0.2, 0) is 10.2 Å². The normalized spacial score (nSPS) is 23.6. The Bertz CT molecular complexity index is 2230. The van der Waals surface area contributed by atoms with Crippen LogP contribution in [0.3, 0.4) is 0 Å². The standard InChI is InChI=1S/C36H25ClN4O3S/c1-35(17-26-22-9-2-3-10-23(22)30-24-11-4-5-12-25(24)36(26,30)35)32(43)41-34-39-28(18-45-34)19-7-6-8-20(15-19)31(42)40-33-38-27-16-21(37)13-14-29(27)44-33/h2-16,18,26,30H,17H2,1H3,(H,38,40,42)(H,39,41,43). The van der Waals surface area contributed by atoms with E-state index < -0.39 is 5.41 Å². The maximum atomic E-state index is 14.1. The van der Waals surface area contributed by atoms with Crippen LogP contribution in [0.25, 0.3) is 22.4 Å². The lowest BCUT2D eigenvalue weighted by molar-refractivity contribution is -0.143. The van der Waals surface area contributed by atoms with Gasteiger partial charge in [0.2, 0.25) is 5.91 Å². The molecule has 1 fully saturated rings. The summed E-state index contributed by atoms with van der Waals surface area (Å²) in [6.07, 6.45) is 0.795. The van der Waals surface area contributed by atoms with Crippen LogP contribution in [0, 0.1) is 5.41 Å². The molecule has 1 spiro atoms. The van der Waals surface area contributed by atoms with Gasteiger partial charge in [0.05, 0.1) is 11.1 Å². The van der Waals surface area contributed by atoms with Gasteiger partial charge in [0, 0.05) is 32.9 Å². The monoisotopic (exact) mass is 628 g/mol. The van der Waals surface area contributed by atoms with Gasteiger partial charge in [-0.1, -0.05) is 72.3 Å². The average molecular weight is 629 g/mol. The number of nitrogens with one attached hydrogen (secondary N) is 2. The second-order valence-electron chi connectivity index (χ2n) is 12.3. The van der Waals surface area contributed by atoms with E-state index in [1.807, 2.05) is 11.4 Å². The molecule has 0 saturated heterocycles. The van der Waals surface area contributed by atoms with E-state index in [0.717, 1.165) is 12.0 Å². The molecule has 2 heterocycles. The van der Waals surface area contributed by atoms with Crippen molar-refractivity contribution in [2.75, 3.05) is 10.6 Å². The molecule has 45 heavy (non-hydrogen) atoms. The van der Waals surface area contributed by atoms with Crippen molar-refractivity contribution in [2.24, 2.45) is 5.41 Å². The third kappa shape index (κ3) is 3.58. The third-order valence-electron chi connectivity index (χ3n) is 10.1. The molecule has 2 N–H and O–H groups in total. The number of aromatic nitrogens is 2. The predicted octanol–water partition coefficient (Wildman–Crippen LogP) is 8.39. The third-order valence-corrected chi connectivity index (χ3v) is 11.1. The van der Waals surface area contributed by atoms with E-state index >= 15 is 0 Å². The quantitative estimate of drug-likeness (QED) is 0.200. The second kappa shape index (κ2) is 9.36. The van der Waals surface area contributed by atoms with Crippen molar-refractivity contribution in [2.45, 2.75) is 30.6 Å². The van der Waals surface area contributed by atoms with Crippen LogP contribution < -0.4 is 10.6 Å². The molecule has 0 aliphatic heterocycles. The van der Waals surface area contributed by atoms with E-state index in [-0.39, 0.29) is 29.2 Å². The van der Waals surface area contributed by atoms with Crippen LogP contribution in [0.1, 0.15) is 57.8 Å². The maximum Gasteiger partial charge on any atom is 0.302 e. The van der Waals surface area contributed by atoms with Crippen molar-refractivity contribution < 1.29 is 14.0 Å². The topological polar surface area (TPSA) is 97.1 Å². The lowest BCUT2D eigenvalue weighted by atomic mass is 9.34. The molecule has 9 heteroatoms. The molecule has 4 aromatic carbocycles. The molecule has 4 atom stereocenters. The number of anilines is 2. The summed E-state index contributed by atoms with van der Waals surface area (Å²) in [7, 11) is 0. The van der Waals surface area contributed by atoms with E-state index in [0.29, 0.717) is 38.4 Å². The summed E-state index contributed by atoms with van der Waals surface area (Å²) in [6, 6.07) is 29.6. The number of nitrogens with zero attached hydrogens (tertiary/aromatic N) is 2. The zero-order valence-corrected chi connectivity index (χ0v) is 25.6. The van der Waals surface area contributed by atoms with Gasteiger partial charge in [-0.15, -0.1) is 11.3 Å². The van der Waals surface area contributed by atoms with Crippen molar-refractivity contribution >= 4 is 57.0 Å². The van der Waals surface area contributed by atoms with E-state index in [9.17, 15) is 9.59 Å². The van der Waals surface area contributed by atoms with Gasteiger partial charge in [-0.25, -0.2) is 4.98 Å². The van der Waals surface area contributed by atoms with Gasteiger partial charge in [-0.2, -0.15) is 4.98 Å². The molecule has 9 rings (SSSR count). The number of hydrogen-bond acceptors (Lipinski definition) is 6. The maximum absolute atomic E-state index is 14.1. The Balaban J connectivity index is 0.954.